The van der Waals surface area contributed by atoms with Gasteiger partial charge in [0.1, 0.15) is 5.15 Å². The summed E-state index contributed by atoms with van der Waals surface area (Å²) in [6.07, 6.45) is 2.88. The molecule has 0 aromatic carbocycles. The fourth-order valence-corrected chi connectivity index (χ4v) is 1.83. The molecule has 0 aliphatic carbocycles. The van der Waals surface area contributed by atoms with Crippen molar-refractivity contribution >= 4 is 23.2 Å². The Labute approximate surface area is 131 Å². The second-order valence-corrected chi connectivity index (χ2v) is 6.21. The van der Waals surface area contributed by atoms with Crippen molar-refractivity contribution in [2.45, 2.75) is 52.2 Å². The summed E-state index contributed by atoms with van der Waals surface area (Å²) in [4.78, 5) is 16.2. The van der Waals surface area contributed by atoms with E-state index >= 15 is 0 Å². The van der Waals surface area contributed by atoms with Crippen molar-refractivity contribution in [2.75, 3.05) is 11.9 Å². The van der Waals surface area contributed by atoms with Crippen molar-refractivity contribution in [1.29, 1.82) is 0 Å². The molecule has 1 atom stereocenters. The summed E-state index contributed by atoms with van der Waals surface area (Å²) < 4.78 is 0. The maximum atomic E-state index is 12.2. The molecule has 0 fully saturated rings. The summed E-state index contributed by atoms with van der Waals surface area (Å²) >= 11 is 5.90. The molecule has 1 heterocycles. The zero-order valence-electron chi connectivity index (χ0n) is 13.0. The van der Waals surface area contributed by atoms with Crippen LogP contribution in [0.5, 0.6) is 0 Å². The van der Waals surface area contributed by atoms with Crippen LogP contribution in [-0.4, -0.2) is 34.2 Å². The molecule has 1 aromatic heterocycles. The summed E-state index contributed by atoms with van der Waals surface area (Å²) in [5.41, 5.74) is 0.323. The quantitative estimate of drug-likeness (QED) is 0.677. The van der Waals surface area contributed by atoms with Gasteiger partial charge in [0.05, 0.1) is 16.9 Å². The van der Waals surface area contributed by atoms with E-state index in [1.54, 1.807) is 19.9 Å². The normalized spacial score (nSPS) is 12.9. The summed E-state index contributed by atoms with van der Waals surface area (Å²) in [5.74, 6) is -0.228. The molecule has 0 bridgehead atoms. The highest BCUT2D eigenvalue weighted by molar-refractivity contribution is 6.29. The fourth-order valence-electron chi connectivity index (χ4n) is 1.67. The van der Waals surface area contributed by atoms with E-state index in [-0.39, 0.29) is 11.9 Å². The van der Waals surface area contributed by atoms with Gasteiger partial charge in [-0.1, -0.05) is 18.5 Å². The molecule has 1 unspecified atom stereocenters. The second-order valence-electron chi connectivity index (χ2n) is 5.82. The molecule has 0 spiro atoms. The van der Waals surface area contributed by atoms with Crippen LogP contribution in [0.15, 0.2) is 12.3 Å². The van der Waals surface area contributed by atoms with Crippen LogP contribution in [0, 0.1) is 0 Å². The molecule has 5 nitrogen and oxygen atoms in total. The van der Waals surface area contributed by atoms with Gasteiger partial charge in [-0.05, 0) is 39.7 Å². The highest BCUT2D eigenvalue weighted by Gasteiger charge is 2.16. The summed E-state index contributed by atoms with van der Waals surface area (Å²) in [6, 6.07) is 1.88. The number of rotatable bonds is 7. The number of amides is 1. The molecule has 3 N–H and O–H groups in total. The topological polar surface area (TPSA) is 74.2 Å². The minimum Gasteiger partial charge on any atom is -0.390 e. The Hall–Kier alpha value is -1.33. The van der Waals surface area contributed by atoms with Crippen molar-refractivity contribution in [3.8, 4) is 0 Å². The molecule has 0 radical (unpaired) electrons. The third-order valence-corrected chi connectivity index (χ3v) is 3.36. The lowest BCUT2D eigenvalue weighted by molar-refractivity contribution is 0.0693. The van der Waals surface area contributed by atoms with E-state index in [4.69, 9.17) is 11.6 Å². The first kappa shape index (κ1) is 17.7. The van der Waals surface area contributed by atoms with Gasteiger partial charge in [0.15, 0.2) is 0 Å². The maximum absolute atomic E-state index is 12.2. The third-order valence-electron chi connectivity index (χ3n) is 3.15. The molecule has 0 saturated carbocycles. The van der Waals surface area contributed by atoms with Crippen molar-refractivity contribution in [1.82, 2.24) is 10.3 Å². The molecule has 21 heavy (non-hydrogen) atoms. The molecule has 0 saturated heterocycles. The lowest BCUT2D eigenvalue weighted by Crippen LogP contribution is -2.31. The number of halogens is 1. The van der Waals surface area contributed by atoms with Crippen LogP contribution >= 0.6 is 11.6 Å². The van der Waals surface area contributed by atoms with Gasteiger partial charge in [0.25, 0.3) is 5.91 Å². The maximum Gasteiger partial charge on any atom is 0.254 e. The van der Waals surface area contributed by atoms with Crippen molar-refractivity contribution in [2.24, 2.45) is 0 Å². The number of aliphatic hydroxyl groups is 1. The van der Waals surface area contributed by atoms with Crippen LogP contribution in [0.1, 0.15) is 50.9 Å². The van der Waals surface area contributed by atoms with E-state index in [0.717, 1.165) is 6.42 Å². The fraction of sp³-hybridized carbons (Fsp3) is 0.600. The number of anilines is 1. The van der Waals surface area contributed by atoms with Crippen molar-refractivity contribution < 1.29 is 9.90 Å². The van der Waals surface area contributed by atoms with Crippen molar-refractivity contribution in [3.63, 3.8) is 0 Å². The van der Waals surface area contributed by atoms with Crippen LogP contribution in [-0.2, 0) is 0 Å². The smallest absolute Gasteiger partial charge is 0.254 e. The van der Waals surface area contributed by atoms with E-state index in [9.17, 15) is 9.90 Å². The molecule has 118 valence electrons. The zero-order valence-corrected chi connectivity index (χ0v) is 13.8. The number of nitrogens with zero attached hydrogens (tertiary/aromatic N) is 1. The Balaban J connectivity index is 2.78. The van der Waals surface area contributed by atoms with Crippen LogP contribution in [0.25, 0.3) is 0 Å². The third kappa shape index (κ3) is 6.31. The molecule has 1 rings (SSSR count). The monoisotopic (exact) mass is 313 g/mol. The van der Waals surface area contributed by atoms with Gasteiger partial charge in [0, 0.05) is 18.8 Å². The first-order chi connectivity index (χ1) is 9.73. The van der Waals surface area contributed by atoms with Crippen molar-refractivity contribution in [3.05, 3.63) is 23.0 Å². The van der Waals surface area contributed by atoms with Gasteiger partial charge in [-0.15, -0.1) is 0 Å². The Morgan fingerprint density at radius 3 is 2.76 bits per heavy atom. The van der Waals surface area contributed by atoms with Gasteiger partial charge in [0.2, 0.25) is 0 Å². The average Bonchev–Trinajstić information content (AvgIpc) is 2.37. The number of carbonyl (C=O) groups excluding carboxylic acids is 1. The number of nitrogens with one attached hydrogen (secondary N) is 2. The Morgan fingerprint density at radius 1 is 1.52 bits per heavy atom. The summed E-state index contributed by atoms with van der Waals surface area (Å²) in [6.45, 7) is 7.90. The lowest BCUT2D eigenvalue weighted by atomic mass is 10.1. The standard InChI is InChI=1S/C15H24ClN3O2/c1-5-10(2)19-12-8-13(16)18-9-11(12)14(20)17-7-6-15(3,4)21/h8-10,21H,5-7H2,1-4H3,(H,17,20)(H,18,19). The lowest BCUT2D eigenvalue weighted by Gasteiger charge is -2.18. The number of pyridine rings is 1. The molecule has 6 heteroatoms. The molecule has 0 aliphatic rings. The Bertz CT molecular complexity index is 486. The number of aromatic nitrogens is 1. The molecule has 1 aromatic rings. The highest BCUT2D eigenvalue weighted by atomic mass is 35.5. The van der Waals surface area contributed by atoms with Gasteiger partial charge in [-0.25, -0.2) is 4.98 Å². The van der Waals surface area contributed by atoms with Gasteiger partial charge in [-0.2, -0.15) is 0 Å². The second kappa shape index (κ2) is 7.61. The van der Waals surface area contributed by atoms with Crippen LogP contribution in [0.3, 0.4) is 0 Å². The SMILES string of the molecule is CCC(C)Nc1cc(Cl)ncc1C(=O)NCCC(C)(C)O. The number of carbonyl (C=O) groups is 1. The van der Waals surface area contributed by atoms with Crippen LogP contribution in [0.4, 0.5) is 5.69 Å². The highest BCUT2D eigenvalue weighted by Crippen LogP contribution is 2.20. The molecule has 1 amide bonds. The molecule has 0 aliphatic heterocycles. The Morgan fingerprint density at radius 2 is 2.19 bits per heavy atom. The van der Waals surface area contributed by atoms with E-state index in [1.807, 2.05) is 6.92 Å². The largest absolute Gasteiger partial charge is 0.390 e. The van der Waals surface area contributed by atoms with E-state index < -0.39 is 5.60 Å². The molecular weight excluding hydrogens is 290 g/mol. The average molecular weight is 314 g/mol. The number of hydrogen-bond donors (Lipinski definition) is 3. The van der Waals surface area contributed by atoms with Gasteiger partial charge in [-0.3, -0.25) is 4.79 Å². The zero-order chi connectivity index (χ0) is 16.0. The number of hydrogen-bond acceptors (Lipinski definition) is 4. The Kier molecular flexibility index (Phi) is 6.42. The minimum absolute atomic E-state index is 0.228. The molecular formula is C15H24ClN3O2. The summed E-state index contributed by atoms with van der Waals surface area (Å²) in [5, 5.41) is 16.0. The van der Waals surface area contributed by atoms with Crippen LogP contribution in [0.2, 0.25) is 5.15 Å². The van der Waals surface area contributed by atoms with Crippen LogP contribution < -0.4 is 10.6 Å². The van der Waals surface area contributed by atoms with E-state index in [1.165, 1.54) is 6.20 Å². The van der Waals surface area contributed by atoms with Gasteiger partial charge < -0.3 is 15.7 Å². The minimum atomic E-state index is -0.802. The first-order valence-electron chi connectivity index (χ1n) is 7.15. The first-order valence-corrected chi connectivity index (χ1v) is 7.53. The van der Waals surface area contributed by atoms with E-state index in [0.29, 0.717) is 29.4 Å². The summed E-state index contributed by atoms with van der Waals surface area (Å²) in [7, 11) is 0. The predicted octanol–water partition coefficient (Wildman–Crippen LogP) is 2.84. The van der Waals surface area contributed by atoms with E-state index in [2.05, 4.69) is 22.5 Å². The van der Waals surface area contributed by atoms with Gasteiger partial charge >= 0.3 is 0 Å². The predicted molar refractivity (Wildman–Crippen MR) is 85.9 cm³/mol.